The van der Waals surface area contributed by atoms with E-state index in [1.165, 1.54) is 0 Å². The molecule has 1 aromatic carbocycles. The minimum atomic E-state index is -3.08. The van der Waals surface area contributed by atoms with E-state index >= 15 is 0 Å². The van der Waals surface area contributed by atoms with Crippen molar-refractivity contribution in [2.24, 2.45) is 0 Å². The lowest BCUT2D eigenvalue weighted by Gasteiger charge is -2.10. The molecule has 0 amide bonds. The van der Waals surface area contributed by atoms with Crippen molar-refractivity contribution in [3.05, 3.63) is 28.8 Å². The Morgan fingerprint density at radius 1 is 1.23 bits per heavy atom. The van der Waals surface area contributed by atoms with Crippen molar-refractivity contribution >= 4 is 15.7 Å². The topological polar surface area (TPSA) is 37.3 Å². The van der Waals surface area contributed by atoms with Gasteiger partial charge in [-0.25, -0.2) is 4.21 Å². The summed E-state index contributed by atoms with van der Waals surface area (Å²) in [5.41, 5.74) is 2.77. The Labute approximate surface area is 79.4 Å². The number of hydrogen-bond donors (Lipinski definition) is 1. The first-order valence-electron chi connectivity index (χ1n) is 4.00. The van der Waals surface area contributed by atoms with Gasteiger partial charge in [0, 0.05) is 0 Å². The fourth-order valence-corrected chi connectivity index (χ4v) is 2.79. The maximum Gasteiger partial charge on any atom is 0.104 e. The van der Waals surface area contributed by atoms with Gasteiger partial charge in [0.25, 0.3) is 0 Å². The maximum atomic E-state index is 11.4. The molecule has 0 aliphatic heterocycles. The predicted molar refractivity (Wildman–Crippen MR) is 56.8 cm³/mol. The van der Waals surface area contributed by atoms with Gasteiger partial charge in [0.2, 0.25) is 0 Å². The molecule has 1 atom stereocenters. The summed E-state index contributed by atoms with van der Waals surface area (Å²) in [5, 5.41) is 0. The minimum absolute atomic E-state index is 0.470. The fraction of sp³-hybridized carbons (Fsp3) is 0.300. The standard InChI is InChI=1S/C10H14O2S/c1-7-5-8(2)10(9(3)6-7)13(4,11)12/h5-6H,4H2,1-3H3,(H,11,12). The van der Waals surface area contributed by atoms with Gasteiger partial charge in [-0.05, 0) is 37.8 Å². The van der Waals surface area contributed by atoms with E-state index in [0.717, 1.165) is 16.7 Å². The van der Waals surface area contributed by atoms with Gasteiger partial charge in [0.15, 0.2) is 0 Å². The highest BCUT2D eigenvalue weighted by atomic mass is 32.2. The molecule has 1 rings (SSSR count). The molecular formula is C10H14O2S. The summed E-state index contributed by atoms with van der Waals surface area (Å²) >= 11 is 0. The summed E-state index contributed by atoms with van der Waals surface area (Å²) in [5.74, 6) is 3.28. The average molecular weight is 198 g/mol. The van der Waals surface area contributed by atoms with Gasteiger partial charge in [-0.2, -0.15) is 0 Å². The van der Waals surface area contributed by atoms with Crippen LogP contribution in [0.3, 0.4) is 0 Å². The molecule has 1 aromatic rings. The van der Waals surface area contributed by atoms with Gasteiger partial charge in [0.1, 0.15) is 9.80 Å². The second kappa shape index (κ2) is 3.16. The van der Waals surface area contributed by atoms with Gasteiger partial charge in [-0.1, -0.05) is 17.7 Å². The lowest BCUT2D eigenvalue weighted by atomic mass is 10.1. The van der Waals surface area contributed by atoms with Crippen molar-refractivity contribution in [1.29, 1.82) is 0 Å². The first-order valence-corrected chi connectivity index (χ1v) is 5.68. The van der Waals surface area contributed by atoms with Crippen molar-refractivity contribution in [1.82, 2.24) is 0 Å². The second-order valence-electron chi connectivity index (χ2n) is 3.37. The zero-order valence-electron chi connectivity index (χ0n) is 8.13. The molecule has 13 heavy (non-hydrogen) atoms. The summed E-state index contributed by atoms with van der Waals surface area (Å²) in [6.45, 7) is 5.62. The van der Waals surface area contributed by atoms with Gasteiger partial charge in [-0.3, -0.25) is 0 Å². The summed E-state index contributed by atoms with van der Waals surface area (Å²) in [7, 11) is -3.08. The molecule has 0 aromatic heterocycles. The van der Waals surface area contributed by atoms with E-state index in [1.807, 2.05) is 32.9 Å². The van der Waals surface area contributed by atoms with Crippen LogP contribution < -0.4 is 0 Å². The lowest BCUT2D eigenvalue weighted by Crippen LogP contribution is -2.03. The highest BCUT2D eigenvalue weighted by molar-refractivity contribution is 7.95. The van der Waals surface area contributed by atoms with Crippen LogP contribution in [-0.2, 0) is 9.80 Å². The summed E-state index contributed by atoms with van der Waals surface area (Å²) in [6.07, 6.45) is 0. The average Bonchev–Trinajstić information content (AvgIpc) is 1.78. The van der Waals surface area contributed by atoms with E-state index in [0.29, 0.717) is 4.90 Å². The van der Waals surface area contributed by atoms with E-state index in [-0.39, 0.29) is 0 Å². The highest BCUT2D eigenvalue weighted by Crippen LogP contribution is 2.20. The SMILES string of the molecule is C=S(=O)(O)c1c(C)cc(C)cc1C. The molecule has 1 N–H and O–H groups in total. The van der Waals surface area contributed by atoms with Crippen LogP contribution in [0.15, 0.2) is 17.0 Å². The molecule has 0 aliphatic rings. The van der Waals surface area contributed by atoms with Crippen LogP contribution in [0.5, 0.6) is 0 Å². The third-order valence-corrected chi connectivity index (χ3v) is 3.21. The van der Waals surface area contributed by atoms with Gasteiger partial charge >= 0.3 is 0 Å². The molecule has 0 spiro atoms. The van der Waals surface area contributed by atoms with Gasteiger partial charge < -0.3 is 4.55 Å². The predicted octanol–water partition coefficient (Wildman–Crippen LogP) is 2.16. The molecule has 0 aliphatic carbocycles. The smallest absolute Gasteiger partial charge is 0.104 e. The maximum absolute atomic E-state index is 11.4. The number of rotatable bonds is 1. The Balaban J connectivity index is 3.57. The van der Waals surface area contributed by atoms with E-state index in [1.54, 1.807) is 0 Å². The molecule has 0 saturated heterocycles. The molecule has 0 bridgehead atoms. The zero-order chi connectivity index (χ0) is 10.2. The van der Waals surface area contributed by atoms with Crippen LogP contribution in [0.25, 0.3) is 0 Å². The Bertz CT molecular complexity index is 407. The molecule has 3 heteroatoms. The second-order valence-corrected chi connectivity index (χ2v) is 5.06. The van der Waals surface area contributed by atoms with Crippen molar-refractivity contribution in [3.63, 3.8) is 0 Å². The van der Waals surface area contributed by atoms with Gasteiger partial charge in [0.05, 0.1) is 4.90 Å². The quantitative estimate of drug-likeness (QED) is 0.702. The molecule has 2 nitrogen and oxygen atoms in total. The normalized spacial score (nSPS) is 15.4. The molecular weight excluding hydrogens is 184 g/mol. The highest BCUT2D eigenvalue weighted by Gasteiger charge is 2.10. The molecule has 0 heterocycles. The number of benzene rings is 1. The Kier molecular flexibility index (Phi) is 2.50. The van der Waals surface area contributed by atoms with Crippen molar-refractivity contribution < 1.29 is 8.76 Å². The first kappa shape index (κ1) is 10.3. The monoisotopic (exact) mass is 198 g/mol. The number of hydrogen-bond acceptors (Lipinski definition) is 1. The van der Waals surface area contributed by atoms with Crippen LogP contribution in [0, 0.1) is 20.8 Å². The molecule has 0 saturated carbocycles. The van der Waals surface area contributed by atoms with E-state index < -0.39 is 9.80 Å². The van der Waals surface area contributed by atoms with Crippen LogP contribution in [0.4, 0.5) is 0 Å². The minimum Gasteiger partial charge on any atom is -0.310 e. The first-order chi connectivity index (χ1) is 5.82. The van der Waals surface area contributed by atoms with E-state index in [4.69, 9.17) is 0 Å². The van der Waals surface area contributed by atoms with Crippen LogP contribution in [0.2, 0.25) is 0 Å². The summed E-state index contributed by atoms with van der Waals surface area (Å²) < 4.78 is 20.7. The lowest BCUT2D eigenvalue weighted by molar-refractivity contribution is 0.559. The molecule has 72 valence electrons. The van der Waals surface area contributed by atoms with Gasteiger partial charge in [-0.15, -0.1) is 0 Å². The Morgan fingerprint density at radius 3 is 1.92 bits per heavy atom. The zero-order valence-corrected chi connectivity index (χ0v) is 8.94. The molecule has 0 fully saturated rings. The largest absolute Gasteiger partial charge is 0.310 e. The third kappa shape index (κ3) is 2.11. The van der Waals surface area contributed by atoms with E-state index in [9.17, 15) is 8.76 Å². The molecule has 0 radical (unpaired) electrons. The van der Waals surface area contributed by atoms with Crippen molar-refractivity contribution in [2.75, 3.05) is 0 Å². The van der Waals surface area contributed by atoms with Crippen molar-refractivity contribution in [3.8, 4) is 0 Å². The Morgan fingerprint density at radius 2 is 1.62 bits per heavy atom. The van der Waals surface area contributed by atoms with Crippen molar-refractivity contribution in [2.45, 2.75) is 25.7 Å². The Hall–Kier alpha value is -0.800. The van der Waals surface area contributed by atoms with E-state index in [2.05, 4.69) is 5.87 Å². The molecule has 1 unspecified atom stereocenters. The summed E-state index contributed by atoms with van der Waals surface area (Å²) in [6, 6.07) is 3.78. The number of aryl methyl sites for hydroxylation is 3. The van der Waals surface area contributed by atoms with Crippen LogP contribution in [-0.4, -0.2) is 14.6 Å². The fourth-order valence-electron chi connectivity index (χ4n) is 1.67. The van der Waals surface area contributed by atoms with Crippen LogP contribution >= 0.6 is 0 Å². The summed E-state index contributed by atoms with van der Waals surface area (Å²) in [4.78, 5) is 0.470. The van der Waals surface area contributed by atoms with Crippen LogP contribution in [0.1, 0.15) is 16.7 Å². The third-order valence-electron chi connectivity index (χ3n) is 1.92.